The molecule has 2 aliphatic heterocycles. The maximum Gasteiger partial charge on any atom is 0.376 e. The van der Waals surface area contributed by atoms with Crippen molar-refractivity contribution < 1.29 is 38.2 Å². The molecule has 0 aromatic heterocycles. The number of anilines is 1. The first kappa shape index (κ1) is 24.2. The van der Waals surface area contributed by atoms with E-state index < -0.39 is 30.1 Å². The van der Waals surface area contributed by atoms with Gasteiger partial charge in [0.25, 0.3) is 5.91 Å². The monoisotopic (exact) mass is 482 g/mol. The summed E-state index contributed by atoms with van der Waals surface area (Å²) >= 11 is 0. The van der Waals surface area contributed by atoms with Gasteiger partial charge in [-0.1, -0.05) is 30.3 Å². The zero-order chi connectivity index (χ0) is 25.1. The fourth-order valence-corrected chi connectivity index (χ4v) is 4.37. The molecule has 2 aromatic rings. The van der Waals surface area contributed by atoms with E-state index in [1.807, 2.05) is 30.3 Å². The van der Waals surface area contributed by atoms with Crippen molar-refractivity contribution in [2.75, 3.05) is 33.3 Å². The quantitative estimate of drug-likeness (QED) is 0.412. The number of benzene rings is 2. The van der Waals surface area contributed by atoms with E-state index in [2.05, 4.69) is 0 Å². The maximum absolute atomic E-state index is 13.1. The number of hydrogen-bond donors (Lipinski definition) is 0. The zero-order valence-electron chi connectivity index (χ0n) is 19.8. The van der Waals surface area contributed by atoms with Gasteiger partial charge in [0.1, 0.15) is 17.4 Å². The van der Waals surface area contributed by atoms with E-state index in [0.29, 0.717) is 11.4 Å². The Morgan fingerprint density at radius 2 is 1.57 bits per heavy atom. The molecular weight excluding hydrogens is 456 g/mol. The summed E-state index contributed by atoms with van der Waals surface area (Å²) in [5.74, 6) is -1.56. The minimum atomic E-state index is -0.888. The van der Waals surface area contributed by atoms with Crippen LogP contribution in [0.5, 0.6) is 5.75 Å². The van der Waals surface area contributed by atoms with Gasteiger partial charge in [0.15, 0.2) is 6.10 Å². The van der Waals surface area contributed by atoms with Crippen molar-refractivity contribution in [1.29, 1.82) is 0 Å². The van der Waals surface area contributed by atoms with Gasteiger partial charge in [-0.3, -0.25) is 4.79 Å². The molecule has 10 nitrogen and oxygen atoms in total. The first-order valence-electron chi connectivity index (χ1n) is 10.8. The molecule has 2 aromatic carbocycles. The summed E-state index contributed by atoms with van der Waals surface area (Å²) in [6, 6.07) is 14.7. The predicted molar refractivity (Wildman–Crippen MR) is 123 cm³/mol. The fraction of sp³-hybridized carbons (Fsp3) is 0.320. The fourth-order valence-electron chi connectivity index (χ4n) is 4.37. The van der Waals surface area contributed by atoms with Gasteiger partial charge in [-0.2, -0.15) is 0 Å². The molecule has 1 saturated heterocycles. The molecular formula is C25H26N2O8. The smallest absolute Gasteiger partial charge is 0.376 e. The summed E-state index contributed by atoms with van der Waals surface area (Å²) in [7, 11) is 5.37. The van der Waals surface area contributed by atoms with Crippen molar-refractivity contribution in [3.8, 4) is 5.75 Å². The van der Waals surface area contributed by atoms with Gasteiger partial charge in [-0.15, -0.1) is 5.06 Å². The largest absolute Gasteiger partial charge is 0.497 e. The molecule has 1 amide bonds. The number of nitrogens with zero attached hydrogens (tertiary/aromatic N) is 2. The van der Waals surface area contributed by atoms with Crippen molar-refractivity contribution in [2.45, 2.75) is 24.7 Å². The molecule has 0 spiro atoms. The summed E-state index contributed by atoms with van der Waals surface area (Å²) in [6.45, 7) is 0.212. The molecule has 0 unspecified atom stereocenters. The van der Waals surface area contributed by atoms with Crippen LogP contribution in [0.15, 0.2) is 65.9 Å². The van der Waals surface area contributed by atoms with Crippen molar-refractivity contribution in [1.82, 2.24) is 5.06 Å². The van der Waals surface area contributed by atoms with Crippen LogP contribution in [0.1, 0.15) is 5.56 Å². The van der Waals surface area contributed by atoms with Crippen molar-refractivity contribution in [2.24, 2.45) is 0 Å². The molecule has 3 atom stereocenters. The van der Waals surface area contributed by atoms with E-state index in [4.69, 9.17) is 23.8 Å². The molecule has 0 saturated carbocycles. The van der Waals surface area contributed by atoms with E-state index >= 15 is 0 Å². The lowest BCUT2D eigenvalue weighted by atomic mass is 9.85. The van der Waals surface area contributed by atoms with Gasteiger partial charge in [0.2, 0.25) is 5.76 Å². The topological polar surface area (TPSA) is 104 Å². The van der Waals surface area contributed by atoms with Crippen LogP contribution >= 0.6 is 0 Å². The average molecular weight is 482 g/mol. The van der Waals surface area contributed by atoms with Crippen molar-refractivity contribution >= 4 is 23.5 Å². The normalized spacial score (nSPS) is 21.9. The SMILES string of the molecule is COC(=O)C1=C(C(=O)OC)[C@H]([C@H]2[C@@H](OC)C(=O)N2c2ccc(OC)cc2)N(Cc2ccccc2)O1. The Balaban J connectivity index is 1.81. The number of β-lactam (4-membered cyclic amide) rings is 1. The lowest BCUT2D eigenvalue weighted by Crippen LogP contribution is -2.72. The Kier molecular flexibility index (Phi) is 7.04. The number of carbonyl (C=O) groups excluding carboxylic acids is 3. The summed E-state index contributed by atoms with van der Waals surface area (Å²) in [5.41, 5.74) is 1.39. The molecule has 2 heterocycles. The summed E-state index contributed by atoms with van der Waals surface area (Å²) in [4.78, 5) is 46.0. The van der Waals surface area contributed by atoms with Gasteiger partial charge < -0.3 is 28.7 Å². The Hall–Kier alpha value is -3.89. The van der Waals surface area contributed by atoms with Crippen LogP contribution in [0.25, 0.3) is 0 Å². The van der Waals surface area contributed by atoms with Crippen LogP contribution in [0.4, 0.5) is 5.69 Å². The molecule has 0 N–H and O–H groups in total. The van der Waals surface area contributed by atoms with Crippen LogP contribution in [0, 0.1) is 0 Å². The third kappa shape index (κ3) is 4.33. The van der Waals surface area contributed by atoms with Gasteiger partial charge in [-0.05, 0) is 29.8 Å². The molecule has 1 fully saturated rings. The molecule has 184 valence electrons. The van der Waals surface area contributed by atoms with E-state index in [0.717, 1.165) is 5.56 Å². The van der Waals surface area contributed by atoms with Crippen LogP contribution in [0.2, 0.25) is 0 Å². The minimum Gasteiger partial charge on any atom is -0.497 e. The number of ether oxygens (including phenoxy) is 4. The second-order valence-corrected chi connectivity index (χ2v) is 7.88. The van der Waals surface area contributed by atoms with E-state index in [1.54, 1.807) is 31.4 Å². The Morgan fingerprint density at radius 3 is 2.14 bits per heavy atom. The number of carbonyl (C=O) groups is 3. The number of hydrogen-bond acceptors (Lipinski definition) is 9. The first-order chi connectivity index (χ1) is 16.9. The highest BCUT2D eigenvalue weighted by Crippen LogP contribution is 2.41. The number of amides is 1. The summed E-state index contributed by atoms with van der Waals surface area (Å²) in [6.07, 6.45) is -0.888. The molecule has 0 radical (unpaired) electrons. The highest BCUT2D eigenvalue weighted by molar-refractivity contribution is 6.07. The second-order valence-electron chi connectivity index (χ2n) is 7.88. The third-order valence-corrected chi connectivity index (χ3v) is 6.03. The average Bonchev–Trinajstić information content (AvgIpc) is 3.25. The molecule has 35 heavy (non-hydrogen) atoms. The Morgan fingerprint density at radius 1 is 0.914 bits per heavy atom. The zero-order valence-corrected chi connectivity index (χ0v) is 19.8. The van der Waals surface area contributed by atoms with Gasteiger partial charge in [0.05, 0.1) is 33.9 Å². The van der Waals surface area contributed by atoms with Crippen molar-refractivity contribution in [3.05, 3.63) is 71.5 Å². The van der Waals surface area contributed by atoms with E-state index in [1.165, 1.54) is 31.3 Å². The Labute approximate surface area is 202 Å². The molecule has 10 heteroatoms. The molecule has 2 aliphatic rings. The number of methoxy groups -OCH3 is 4. The number of esters is 2. The summed E-state index contributed by atoms with van der Waals surface area (Å²) in [5, 5.41) is 1.48. The van der Waals surface area contributed by atoms with Crippen LogP contribution in [0.3, 0.4) is 0 Å². The minimum absolute atomic E-state index is 0.0478. The van der Waals surface area contributed by atoms with Gasteiger partial charge in [0, 0.05) is 12.8 Å². The predicted octanol–water partition coefficient (Wildman–Crippen LogP) is 1.84. The van der Waals surface area contributed by atoms with Crippen LogP contribution < -0.4 is 9.64 Å². The van der Waals surface area contributed by atoms with Gasteiger partial charge >= 0.3 is 11.9 Å². The summed E-state index contributed by atoms with van der Waals surface area (Å²) < 4.78 is 20.6. The van der Waals surface area contributed by atoms with E-state index in [9.17, 15) is 14.4 Å². The Bertz CT molecular complexity index is 1130. The number of hydroxylamine groups is 2. The standard InChI is InChI=1S/C25H26N2O8/c1-31-17-12-10-16(11-13-17)27-20(22(32-2)23(27)28)19-18(24(29)33-3)21(25(30)34-4)35-26(19)14-15-8-6-5-7-9-15/h5-13,19-20,22H,14H2,1-4H3/t19-,20+,22-/m1/s1. The maximum atomic E-state index is 13.1. The van der Waals surface area contributed by atoms with Crippen LogP contribution in [-0.2, 0) is 40.0 Å². The molecule has 0 bridgehead atoms. The first-order valence-corrected chi connectivity index (χ1v) is 10.8. The molecule has 4 rings (SSSR count). The lowest BCUT2D eigenvalue weighted by molar-refractivity contribution is -0.171. The highest BCUT2D eigenvalue weighted by atomic mass is 16.7. The lowest BCUT2D eigenvalue weighted by Gasteiger charge is -2.50. The van der Waals surface area contributed by atoms with Crippen LogP contribution in [-0.4, -0.2) is 69.5 Å². The third-order valence-electron chi connectivity index (χ3n) is 6.03. The number of rotatable bonds is 8. The van der Waals surface area contributed by atoms with Crippen molar-refractivity contribution in [3.63, 3.8) is 0 Å². The van der Waals surface area contributed by atoms with Gasteiger partial charge in [-0.25, -0.2) is 9.59 Å². The highest BCUT2D eigenvalue weighted by Gasteiger charge is 2.59. The second kappa shape index (κ2) is 10.2. The van der Waals surface area contributed by atoms with E-state index in [-0.39, 0.29) is 23.8 Å². The molecule has 0 aliphatic carbocycles.